The predicted octanol–water partition coefficient (Wildman–Crippen LogP) is 5.54. The van der Waals surface area contributed by atoms with Gasteiger partial charge < -0.3 is 14.5 Å². The third-order valence-electron chi connectivity index (χ3n) is 7.77. The van der Waals surface area contributed by atoms with Gasteiger partial charge in [0.1, 0.15) is 11.3 Å². The van der Waals surface area contributed by atoms with E-state index in [-0.39, 0.29) is 16.2 Å². The average Bonchev–Trinajstić information content (AvgIpc) is 3.58. The average molecular weight is 601 g/mol. The molecule has 3 heterocycles. The number of benzene rings is 3. The van der Waals surface area contributed by atoms with Crippen LogP contribution in [0.15, 0.2) is 88.2 Å². The van der Waals surface area contributed by atoms with Crippen LogP contribution in [-0.4, -0.2) is 63.2 Å². The molecule has 5 aromatic rings. The number of anilines is 1. The van der Waals surface area contributed by atoms with E-state index in [1.54, 1.807) is 41.0 Å². The third-order valence-corrected chi connectivity index (χ3v) is 9.16. The first-order chi connectivity index (χ1) is 20.6. The minimum Gasteiger partial charge on any atom is -0.440 e. The fourth-order valence-electron chi connectivity index (χ4n) is 5.35. The first-order valence-corrected chi connectivity index (χ1v) is 15.9. The number of sulfonamides is 1. The SMILES string of the molecule is CC(C)(C)c1ccc(S(=O)(=O)Nc2ccc3c(c2)cc(C(=O)NCCN2CCOCC2)n3-c2cc3ccccc3o2)cc1. The molecule has 2 N–H and O–H groups in total. The van der Waals surface area contributed by atoms with Gasteiger partial charge in [-0.25, -0.2) is 8.42 Å². The van der Waals surface area contributed by atoms with E-state index in [4.69, 9.17) is 9.15 Å². The fourth-order valence-corrected chi connectivity index (χ4v) is 6.40. The Labute approximate surface area is 251 Å². The van der Waals surface area contributed by atoms with Crippen molar-refractivity contribution in [2.45, 2.75) is 31.1 Å². The van der Waals surface area contributed by atoms with Gasteiger partial charge in [0.25, 0.3) is 15.9 Å². The Morgan fingerprint density at radius 1 is 0.907 bits per heavy atom. The van der Waals surface area contributed by atoms with Gasteiger partial charge in [0.2, 0.25) is 5.88 Å². The highest BCUT2D eigenvalue weighted by Crippen LogP contribution is 2.31. The second-order valence-corrected chi connectivity index (χ2v) is 13.5. The van der Waals surface area contributed by atoms with Crippen LogP contribution in [-0.2, 0) is 20.2 Å². The standard InChI is InChI=1S/C33H36N4O5S/c1-33(2,3)25-8-11-27(12-9-25)43(39,40)35-26-10-13-28-24(20-26)21-29(32(38)34-14-15-36-16-18-41-19-17-36)37(28)31-22-23-6-4-5-7-30(23)42-31/h4-13,20-22,35H,14-19H2,1-3H3,(H,34,38). The second kappa shape index (κ2) is 11.5. The number of ether oxygens (including phenoxy) is 1. The van der Waals surface area contributed by atoms with Crippen LogP contribution in [0.4, 0.5) is 5.69 Å². The minimum atomic E-state index is -3.82. The molecule has 43 heavy (non-hydrogen) atoms. The number of carbonyl (C=O) groups is 1. The number of morpholine rings is 1. The van der Waals surface area contributed by atoms with E-state index in [1.165, 1.54) is 0 Å². The summed E-state index contributed by atoms with van der Waals surface area (Å²) in [5, 5.41) is 4.66. The smallest absolute Gasteiger partial charge is 0.268 e. The Hall–Kier alpha value is -4.12. The third kappa shape index (κ3) is 6.17. The maximum absolute atomic E-state index is 13.5. The lowest BCUT2D eigenvalue weighted by molar-refractivity contribution is 0.0383. The number of hydrogen-bond acceptors (Lipinski definition) is 6. The molecule has 6 rings (SSSR count). The Morgan fingerprint density at radius 2 is 1.65 bits per heavy atom. The van der Waals surface area contributed by atoms with Crippen LogP contribution in [0.5, 0.6) is 0 Å². The molecular weight excluding hydrogens is 564 g/mol. The number of nitrogens with zero attached hydrogens (tertiary/aromatic N) is 2. The van der Waals surface area contributed by atoms with Crippen LogP contribution in [0.25, 0.3) is 27.8 Å². The molecule has 3 aromatic carbocycles. The zero-order chi connectivity index (χ0) is 30.2. The van der Waals surface area contributed by atoms with Crippen LogP contribution >= 0.6 is 0 Å². The Morgan fingerprint density at radius 3 is 2.37 bits per heavy atom. The molecule has 2 aromatic heterocycles. The molecule has 1 saturated heterocycles. The zero-order valence-corrected chi connectivity index (χ0v) is 25.4. The summed E-state index contributed by atoms with van der Waals surface area (Å²) >= 11 is 0. The number of furan rings is 1. The van der Waals surface area contributed by atoms with Crippen molar-refractivity contribution in [2.24, 2.45) is 0 Å². The minimum absolute atomic E-state index is 0.0831. The van der Waals surface area contributed by atoms with Gasteiger partial charge in [-0.05, 0) is 53.4 Å². The van der Waals surface area contributed by atoms with Gasteiger partial charge in [-0.1, -0.05) is 51.1 Å². The lowest BCUT2D eigenvalue weighted by Crippen LogP contribution is -2.41. The molecule has 10 heteroatoms. The van der Waals surface area contributed by atoms with Crippen LogP contribution in [0.3, 0.4) is 0 Å². The molecule has 224 valence electrons. The molecule has 0 radical (unpaired) electrons. The van der Waals surface area contributed by atoms with Gasteiger partial charge in [-0.15, -0.1) is 0 Å². The second-order valence-electron chi connectivity index (χ2n) is 11.9. The Bertz CT molecular complexity index is 1850. The highest BCUT2D eigenvalue weighted by Gasteiger charge is 2.22. The highest BCUT2D eigenvalue weighted by molar-refractivity contribution is 7.92. The number of aromatic nitrogens is 1. The van der Waals surface area contributed by atoms with E-state index in [9.17, 15) is 13.2 Å². The predicted molar refractivity (Wildman–Crippen MR) is 169 cm³/mol. The van der Waals surface area contributed by atoms with Crippen LogP contribution in [0.2, 0.25) is 0 Å². The summed E-state index contributed by atoms with van der Waals surface area (Å²) in [6.07, 6.45) is 0. The van der Waals surface area contributed by atoms with Crippen molar-refractivity contribution >= 4 is 43.5 Å². The molecule has 0 unspecified atom stereocenters. The molecule has 0 atom stereocenters. The molecule has 0 aliphatic carbocycles. The number of carbonyl (C=O) groups excluding carboxylic acids is 1. The molecule has 0 saturated carbocycles. The molecule has 1 fully saturated rings. The molecular formula is C33H36N4O5S. The summed E-state index contributed by atoms with van der Waals surface area (Å²) in [6, 6.07) is 23.5. The summed E-state index contributed by atoms with van der Waals surface area (Å²) in [7, 11) is -3.82. The molecule has 9 nitrogen and oxygen atoms in total. The maximum Gasteiger partial charge on any atom is 0.268 e. The molecule has 1 aliphatic heterocycles. The van der Waals surface area contributed by atoms with Gasteiger partial charge in [0.15, 0.2) is 0 Å². The van der Waals surface area contributed by atoms with Crippen molar-refractivity contribution in [1.82, 2.24) is 14.8 Å². The summed E-state index contributed by atoms with van der Waals surface area (Å²) in [5.74, 6) is 0.257. The fraction of sp³-hybridized carbons (Fsp3) is 0.303. The molecule has 0 spiro atoms. The monoisotopic (exact) mass is 600 g/mol. The quantitative estimate of drug-likeness (QED) is 0.242. The lowest BCUT2D eigenvalue weighted by Gasteiger charge is -2.26. The van der Waals surface area contributed by atoms with Crippen molar-refractivity contribution in [3.05, 3.63) is 90.1 Å². The largest absolute Gasteiger partial charge is 0.440 e. The van der Waals surface area contributed by atoms with E-state index < -0.39 is 10.0 Å². The number of hydrogen-bond donors (Lipinski definition) is 2. The topological polar surface area (TPSA) is 106 Å². The number of fused-ring (bicyclic) bond motifs is 2. The van der Waals surface area contributed by atoms with Crippen molar-refractivity contribution < 1.29 is 22.4 Å². The molecule has 1 amide bonds. The van der Waals surface area contributed by atoms with Crippen molar-refractivity contribution in [2.75, 3.05) is 44.1 Å². The van der Waals surface area contributed by atoms with Crippen LogP contribution < -0.4 is 10.0 Å². The Kier molecular flexibility index (Phi) is 7.76. The van der Waals surface area contributed by atoms with E-state index in [0.717, 1.165) is 36.1 Å². The lowest BCUT2D eigenvalue weighted by atomic mass is 9.87. The summed E-state index contributed by atoms with van der Waals surface area (Å²) in [6.45, 7) is 10.5. The Balaban J connectivity index is 1.31. The highest BCUT2D eigenvalue weighted by atomic mass is 32.2. The normalized spacial score (nSPS) is 14.8. The first kappa shape index (κ1) is 29.0. The molecule has 0 bridgehead atoms. The number of nitrogens with one attached hydrogen (secondary N) is 2. The summed E-state index contributed by atoms with van der Waals surface area (Å²) in [4.78, 5) is 16.0. The van der Waals surface area contributed by atoms with Crippen molar-refractivity contribution in [3.8, 4) is 5.88 Å². The first-order valence-electron chi connectivity index (χ1n) is 14.4. The van der Waals surface area contributed by atoms with Crippen molar-refractivity contribution in [3.63, 3.8) is 0 Å². The van der Waals surface area contributed by atoms with Crippen molar-refractivity contribution in [1.29, 1.82) is 0 Å². The zero-order valence-electron chi connectivity index (χ0n) is 24.6. The van der Waals surface area contributed by atoms with Gasteiger partial charge in [0.05, 0.1) is 23.6 Å². The van der Waals surface area contributed by atoms with Gasteiger partial charge >= 0.3 is 0 Å². The van der Waals surface area contributed by atoms with E-state index >= 15 is 0 Å². The number of rotatable bonds is 8. The van der Waals surface area contributed by atoms with Gasteiger partial charge in [-0.3, -0.25) is 19.0 Å². The van der Waals surface area contributed by atoms with Crippen LogP contribution in [0.1, 0.15) is 36.8 Å². The number of amides is 1. The number of para-hydroxylation sites is 1. The van der Waals surface area contributed by atoms with Gasteiger partial charge in [-0.2, -0.15) is 0 Å². The molecule has 1 aliphatic rings. The van der Waals surface area contributed by atoms with E-state index in [0.29, 0.717) is 48.0 Å². The van der Waals surface area contributed by atoms with E-state index in [1.807, 2.05) is 42.5 Å². The van der Waals surface area contributed by atoms with Gasteiger partial charge in [0, 0.05) is 48.7 Å². The summed E-state index contributed by atoms with van der Waals surface area (Å²) in [5.41, 5.74) is 3.19. The van der Waals surface area contributed by atoms with Crippen LogP contribution in [0, 0.1) is 0 Å². The summed E-state index contributed by atoms with van der Waals surface area (Å²) < 4.78 is 42.5. The maximum atomic E-state index is 13.5. The van der Waals surface area contributed by atoms with E-state index in [2.05, 4.69) is 35.7 Å².